The number of nitrogens with zero attached hydrogens (tertiary/aromatic N) is 2. The van der Waals surface area contributed by atoms with Crippen LogP contribution in [0.2, 0.25) is 0 Å². The van der Waals surface area contributed by atoms with Crippen molar-refractivity contribution < 1.29 is 24.2 Å². The van der Waals surface area contributed by atoms with Gasteiger partial charge in [0.25, 0.3) is 0 Å². The number of oxime groups is 1. The molecule has 1 N–H and O–H groups in total. The molecule has 2 aromatic rings. The van der Waals surface area contributed by atoms with Gasteiger partial charge < -0.3 is 19.4 Å². The van der Waals surface area contributed by atoms with Crippen LogP contribution in [-0.2, 0) is 22.7 Å². The Kier molecular flexibility index (Phi) is 7.24. The molecule has 132 valence electrons. The summed E-state index contributed by atoms with van der Waals surface area (Å²) in [6.45, 7) is 0.00218. The van der Waals surface area contributed by atoms with Crippen molar-refractivity contribution in [1.29, 1.82) is 0 Å². The zero-order valence-electron chi connectivity index (χ0n) is 13.9. The smallest absolute Gasteiger partial charge is 0.341 e. The van der Waals surface area contributed by atoms with Crippen molar-refractivity contribution in [2.24, 2.45) is 5.16 Å². The van der Waals surface area contributed by atoms with Crippen LogP contribution in [0.3, 0.4) is 0 Å². The molecule has 0 atom stereocenters. The summed E-state index contributed by atoms with van der Waals surface area (Å²) >= 11 is 0. The number of aliphatic carboxylic acids is 1. The quantitative estimate of drug-likeness (QED) is 0.526. The Morgan fingerprint density at radius 1 is 1.20 bits per heavy atom. The van der Waals surface area contributed by atoms with E-state index in [1.165, 1.54) is 0 Å². The minimum absolute atomic E-state index is 0.294. The first-order valence-electron chi connectivity index (χ1n) is 7.73. The molecule has 0 fully saturated rings. The van der Waals surface area contributed by atoms with E-state index in [2.05, 4.69) is 10.1 Å². The molecule has 7 heteroatoms. The van der Waals surface area contributed by atoms with Crippen LogP contribution >= 0.6 is 0 Å². The number of carboxylic acid groups (broad SMARTS) is 1. The van der Waals surface area contributed by atoms with Crippen molar-refractivity contribution in [1.82, 2.24) is 4.98 Å². The lowest BCUT2D eigenvalue weighted by Gasteiger charge is -2.03. The summed E-state index contributed by atoms with van der Waals surface area (Å²) in [7, 11) is 1.63. The average Bonchev–Trinajstić information content (AvgIpc) is 2.64. The minimum atomic E-state index is -1.03. The highest BCUT2D eigenvalue weighted by Crippen LogP contribution is 2.12. The fourth-order valence-corrected chi connectivity index (χ4v) is 1.95. The predicted molar refractivity (Wildman–Crippen MR) is 92.0 cm³/mol. The van der Waals surface area contributed by atoms with Gasteiger partial charge in [0, 0.05) is 18.5 Å². The van der Waals surface area contributed by atoms with Crippen LogP contribution in [-0.4, -0.2) is 36.0 Å². The standard InChI is InChI=1S/C18H20N2O5/c1-23-16-7-4-15(5-8-16)12-25-20-10-2-3-14-6-9-17(19-11-14)24-13-18(21)22/h4-11H,2-3,12-13H2,1H3,(H,21,22). The van der Waals surface area contributed by atoms with Gasteiger partial charge in [-0.1, -0.05) is 23.4 Å². The molecule has 0 amide bonds. The highest BCUT2D eigenvalue weighted by Gasteiger charge is 2.00. The average molecular weight is 344 g/mol. The van der Waals surface area contributed by atoms with E-state index in [-0.39, 0.29) is 0 Å². The molecular formula is C18H20N2O5. The Labute approximate surface area is 145 Å². The highest BCUT2D eigenvalue weighted by molar-refractivity contribution is 5.68. The number of hydrogen-bond donors (Lipinski definition) is 1. The fraction of sp³-hybridized carbons (Fsp3) is 0.278. The fourth-order valence-electron chi connectivity index (χ4n) is 1.95. The number of benzene rings is 1. The normalized spacial score (nSPS) is 10.6. The lowest BCUT2D eigenvalue weighted by Crippen LogP contribution is -2.10. The Bertz CT molecular complexity index is 684. The number of rotatable bonds is 10. The Balaban J connectivity index is 1.65. The number of methoxy groups -OCH3 is 1. The number of aryl methyl sites for hydroxylation is 1. The van der Waals surface area contributed by atoms with Crippen molar-refractivity contribution in [2.75, 3.05) is 13.7 Å². The Hall–Kier alpha value is -3.09. The number of pyridine rings is 1. The zero-order valence-corrected chi connectivity index (χ0v) is 13.9. The second kappa shape index (κ2) is 9.92. The number of aromatic nitrogens is 1. The second-order valence-corrected chi connectivity index (χ2v) is 5.14. The van der Waals surface area contributed by atoms with Crippen LogP contribution in [0.25, 0.3) is 0 Å². The molecule has 1 heterocycles. The summed E-state index contributed by atoms with van der Waals surface area (Å²) in [6, 6.07) is 11.1. The van der Waals surface area contributed by atoms with Crippen LogP contribution in [0.15, 0.2) is 47.8 Å². The molecule has 1 aromatic heterocycles. The molecule has 0 aliphatic heterocycles. The van der Waals surface area contributed by atoms with Crippen LogP contribution in [0, 0.1) is 0 Å². The van der Waals surface area contributed by atoms with Gasteiger partial charge in [0.2, 0.25) is 5.88 Å². The van der Waals surface area contributed by atoms with E-state index in [0.29, 0.717) is 18.9 Å². The molecule has 0 radical (unpaired) electrons. The largest absolute Gasteiger partial charge is 0.497 e. The monoisotopic (exact) mass is 344 g/mol. The van der Waals surface area contributed by atoms with Crippen molar-refractivity contribution >= 4 is 12.2 Å². The van der Waals surface area contributed by atoms with Crippen LogP contribution in [0.5, 0.6) is 11.6 Å². The van der Waals surface area contributed by atoms with Crippen LogP contribution < -0.4 is 9.47 Å². The van der Waals surface area contributed by atoms with Gasteiger partial charge in [-0.05, 0) is 36.1 Å². The third kappa shape index (κ3) is 6.90. The van der Waals surface area contributed by atoms with Gasteiger partial charge in [-0.2, -0.15) is 0 Å². The van der Waals surface area contributed by atoms with Crippen molar-refractivity contribution in [3.05, 3.63) is 53.7 Å². The van der Waals surface area contributed by atoms with Gasteiger partial charge in [-0.25, -0.2) is 9.78 Å². The summed E-state index contributed by atoms with van der Waals surface area (Å²) in [5, 5.41) is 12.5. The molecular weight excluding hydrogens is 324 g/mol. The van der Waals surface area contributed by atoms with E-state index in [0.717, 1.165) is 23.3 Å². The van der Waals surface area contributed by atoms with Gasteiger partial charge in [-0.15, -0.1) is 0 Å². The molecule has 2 rings (SSSR count). The molecule has 0 unspecified atom stereocenters. The van der Waals surface area contributed by atoms with Gasteiger partial charge >= 0.3 is 5.97 Å². The summed E-state index contributed by atoms with van der Waals surface area (Å²) in [6.07, 6.45) is 4.82. The van der Waals surface area contributed by atoms with E-state index in [9.17, 15) is 4.79 Å². The van der Waals surface area contributed by atoms with Crippen molar-refractivity contribution in [3.63, 3.8) is 0 Å². The summed E-state index contributed by atoms with van der Waals surface area (Å²) < 4.78 is 10.1. The molecule has 0 aliphatic rings. The maximum absolute atomic E-state index is 10.4. The highest BCUT2D eigenvalue weighted by atomic mass is 16.6. The number of hydrogen-bond acceptors (Lipinski definition) is 6. The first kappa shape index (κ1) is 18.3. The van der Waals surface area contributed by atoms with E-state index in [4.69, 9.17) is 19.4 Å². The van der Waals surface area contributed by atoms with E-state index < -0.39 is 12.6 Å². The number of carbonyl (C=O) groups is 1. The zero-order chi connectivity index (χ0) is 17.9. The number of ether oxygens (including phenoxy) is 2. The first-order valence-corrected chi connectivity index (χ1v) is 7.73. The Morgan fingerprint density at radius 2 is 1.96 bits per heavy atom. The van der Waals surface area contributed by atoms with Gasteiger partial charge in [0.15, 0.2) is 6.61 Å². The van der Waals surface area contributed by atoms with Crippen molar-refractivity contribution in [2.45, 2.75) is 19.4 Å². The minimum Gasteiger partial charge on any atom is -0.497 e. The summed E-state index contributed by atoms with van der Waals surface area (Å²) in [5.74, 6) is 0.0691. The lowest BCUT2D eigenvalue weighted by molar-refractivity contribution is -0.139. The Morgan fingerprint density at radius 3 is 2.60 bits per heavy atom. The van der Waals surface area contributed by atoms with E-state index in [1.54, 1.807) is 25.6 Å². The lowest BCUT2D eigenvalue weighted by atomic mass is 10.2. The molecule has 0 saturated carbocycles. The van der Waals surface area contributed by atoms with Crippen LogP contribution in [0.4, 0.5) is 0 Å². The maximum Gasteiger partial charge on any atom is 0.341 e. The maximum atomic E-state index is 10.4. The van der Waals surface area contributed by atoms with E-state index >= 15 is 0 Å². The SMILES string of the molecule is COc1ccc(CON=CCCc2ccc(OCC(=O)O)nc2)cc1. The predicted octanol–water partition coefficient (Wildman–Crippen LogP) is 2.69. The molecule has 1 aromatic carbocycles. The third-order valence-corrected chi connectivity index (χ3v) is 3.24. The summed E-state index contributed by atoms with van der Waals surface area (Å²) in [5.41, 5.74) is 2.02. The number of carboxylic acids is 1. The molecule has 0 spiro atoms. The topological polar surface area (TPSA) is 90.2 Å². The molecule has 0 aliphatic carbocycles. The molecule has 0 bridgehead atoms. The van der Waals surface area contributed by atoms with Gasteiger partial charge in [-0.3, -0.25) is 0 Å². The van der Waals surface area contributed by atoms with Crippen molar-refractivity contribution in [3.8, 4) is 11.6 Å². The first-order chi connectivity index (χ1) is 12.2. The summed E-state index contributed by atoms with van der Waals surface area (Å²) in [4.78, 5) is 19.7. The molecule has 0 saturated heterocycles. The second-order valence-electron chi connectivity index (χ2n) is 5.14. The van der Waals surface area contributed by atoms with Crippen LogP contribution in [0.1, 0.15) is 17.5 Å². The molecule has 7 nitrogen and oxygen atoms in total. The van der Waals surface area contributed by atoms with Gasteiger partial charge in [0.1, 0.15) is 12.4 Å². The third-order valence-electron chi connectivity index (χ3n) is 3.24. The van der Waals surface area contributed by atoms with Gasteiger partial charge in [0.05, 0.1) is 7.11 Å². The van der Waals surface area contributed by atoms with E-state index in [1.807, 2.05) is 30.3 Å². The molecule has 25 heavy (non-hydrogen) atoms.